The number of carbonyl (C=O) groups is 1. The summed E-state index contributed by atoms with van der Waals surface area (Å²) in [5.41, 5.74) is -0.164. The Morgan fingerprint density at radius 3 is 2.60 bits per heavy atom. The molecule has 1 aromatic carbocycles. The van der Waals surface area contributed by atoms with Crippen molar-refractivity contribution in [3.05, 3.63) is 33.9 Å². The smallest absolute Gasteiger partial charge is 0.430 e. The second-order valence-corrected chi connectivity index (χ2v) is 4.65. The molecule has 1 atom stereocenters. The van der Waals surface area contributed by atoms with Gasteiger partial charge in [-0.1, -0.05) is 24.6 Å². The Hall–Kier alpha value is -1.69. The molecule has 1 aromatic rings. The van der Waals surface area contributed by atoms with Crippen LogP contribution in [-0.2, 0) is 11.2 Å². The molecule has 0 amide bonds. The summed E-state index contributed by atoms with van der Waals surface area (Å²) in [6.45, 7) is 1.76. The van der Waals surface area contributed by atoms with Crippen molar-refractivity contribution in [1.82, 2.24) is 0 Å². The largest absolute Gasteiger partial charge is 0.478 e. The Bertz CT molecular complexity index is 593. The van der Waals surface area contributed by atoms with E-state index < -0.39 is 23.8 Å². The Morgan fingerprint density at radius 2 is 2.10 bits per heavy atom. The average Bonchev–Trinajstić information content (AvgIpc) is 2.37. The predicted molar refractivity (Wildman–Crippen MR) is 66.9 cm³/mol. The van der Waals surface area contributed by atoms with Crippen molar-refractivity contribution in [1.29, 1.82) is 0 Å². The van der Waals surface area contributed by atoms with Gasteiger partial charge in [-0.25, -0.2) is 4.79 Å². The lowest BCUT2D eigenvalue weighted by Gasteiger charge is -2.28. The van der Waals surface area contributed by atoms with Gasteiger partial charge in [0.25, 0.3) is 0 Å². The molecule has 1 unspecified atom stereocenters. The molecule has 0 bridgehead atoms. The summed E-state index contributed by atoms with van der Waals surface area (Å²) >= 11 is 5.90. The molecule has 0 saturated heterocycles. The van der Waals surface area contributed by atoms with Crippen LogP contribution in [-0.4, -0.2) is 23.4 Å². The molecule has 20 heavy (non-hydrogen) atoms. The number of aryl methyl sites for hydroxylation is 1. The molecule has 0 radical (unpaired) electrons. The van der Waals surface area contributed by atoms with Crippen molar-refractivity contribution >= 4 is 23.6 Å². The standard InChI is InChI=1S/C13H10ClF3O3/c1-2-6-3-4-9(14)7-5-8(12(18)19)11(13(15,16)17)20-10(6)7/h3-5,11H,2H2,1H3,(H,18,19). The van der Waals surface area contributed by atoms with Crippen LogP contribution >= 0.6 is 11.6 Å². The highest BCUT2D eigenvalue weighted by Gasteiger charge is 2.48. The zero-order valence-electron chi connectivity index (χ0n) is 10.3. The van der Waals surface area contributed by atoms with E-state index in [0.29, 0.717) is 12.0 Å². The van der Waals surface area contributed by atoms with Crippen LogP contribution in [0.1, 0.15) is 18.1 Å². The molecule has 1 aliphatic rings. The molecule has 1 aliphatic heterocycles. The van der Waals surface area contributed by atoms with E-state index >= 15 is 0 Å². The third-order valence-electron chi connectivity index (χ3n) is 2.97. The molecule has 1 N–H and O–H groups in total. The van der Waals surface area contributed by atoms with Gasteiger partial charge >= 0.3 is 12.1 Å². The quantitative estimate of drug-likeness (QED) is 0.906. The highest BCUT2D eigenvalue weighted by molar-refractivity contribution is 6.32. The molecule has 0 aromatic heterocycles. The molecule has 2 rings (SSSR count). The number of carboxylic acids is 1. The molecule has 1 heterocycles. The van der Waals surface area contributed by atoms with Crippen LogP contribution in [0.5, 0.6) is 5.75 Å². The number of carboxylic acid groups (broad SMARTS) is 1. The number of aliphatic carboxylic acids is 1. The van der Waals surface area contributed by atoms with Crippen LogP contribution in [0.3, 0.4) is 0 Å². The van der Waals surface area contributed by atoms with E-state index in [2.05, 4.69) is 0 Å². The van der Waals surface area contributed by atoms with Crippen LogP contribution in [0.25, 0.3) is 6.08 Å². The monoisotopic (exact) mass is 306 g/mol. The van der Waals surface area contributed by atoms with Gasteiger partial charge in [-0.3, -0.25) is 0 Å². The molecule has 3 nitrogen and oxygen atoms in total. The van der Waals surface area contributed by atoms with Crippen molar-refractivity contribution in [3.63, 3.8) is 0 Å². The number of hydrogen-bond donors (Lipinski definition) is 1. The Kier molecular flexibility index (Phi) is 3.69. The van der Waals surface area contributed by atoms with E-state index in [4.69, 9.17) is 21.4 Å². The number of halogens is 4. The second kappa shape index (κ2) is 5.01. The highest BCUT2D eigenvalue weighted by atomic mass is 35.5. The fourth-order valence-electron chi connectivity index (χ4n) is 2.00. The SMILES string of the molecule is CCc1ccc(Cl)c2c1OC(C(F)(F)F)C(C(=O)O)=C2. The van der Waals surface area contributed by atoms with Crippen molar-refractivity contribution in [3.8, 4) is 5.75 Å². The lowest BCUT2D eigenvalue weighted by Crippen LogP contribution is -2.40. The van der Waals surface area contributed by atoms with Crippen LogP contribution in [0.15, 0.2) is 17.7 Å². The van der Waals surface area contributed by atoms with Crippen molar-refractivity contribution in [2.45, 2.75) is 25.6 Å². The second-order valence-electron chi connectivity index (χ2n) is 4.25. The van der Waals surface area contributed by atoms with Gasteiger partial charge in [0.15, 0.2) is 0 Å². The minimum atomic E-state index is -4.81. The number of alkyl halides is 3. The summed E-state index contributed by atoms with van der Waals surface area (Å²) in [5, 5.41) is 9.07. The first-order valence-electron chi connectivity index (χ1n) is 5.75. The number of ether oxygens (including phenoxy) is 1. The molecule has 0 fully saturated rings. The van der Waals surface area contributed by atoms with Gasteiger partial charge in [0.2, 0.25) is 6.10 Å². The van der Waals surface area contributed by atoms with Crippen molar-refractivity contribution < 1.29 is 27.8 Å². The van der Waals surface area contributed by atoms with E-state index in [1.54, 1.807) is 13.0 Å². The highest BCUT2D eigenvalue weighted by Crippen LogP contribution is 2.42. The minimum Gasteiger partial charge on any atom is -0.478 e. The van der Waals surface area contributed by atoms with Gasteiger partial charge in [-0.15, -0.1) is 0 Å². The number of fused-ring (bicyclic) bond motifs is 1. The summed E-state index contributed by atoms with van der Waals surface area (Å²) in [6, 6.07) is 3.07. The van der Waals surface area contributed by atoms with E-state index in [-0.39, 0.29) is 16.3 Å². The summed E-state index contributed by atoms with van der Waals surface area (Å²) in [4.78, 5) is 11.0. The maximum absolute atomic E-state index is 12.9. The van der Waals surface area contributed by atoms with Crippen molar-refractivity contribution in [2.24, 2.45) is 0 Å². The Balaban J connectivity index is 2.65. The fraction of sp³-hybridized carbons (Fsp3) is 0.308. The third kappa shape index (κ3) is 2.47. The van der Waals surface area contributed by atoms with Gasteiger partial charge in [-0.05, 0) is 24.1 Å². The molecule has 0 aliphatic carbocycles. The van der Waals surface area contributed by atoms with E-state index in [1.807, 2.05) is 0 Å². The molecule has 0 spiro atoms. The zero-order chi connectivity index (χ0) is 15.1. The van der Waals surface area contributed by atoms with E-state index in [1.165, 1.54) is 6.07 Å². The summed E-state index contributed by atoms with van der Waals surface area (Å²) in [6.07, 6.45) is -5.92. The number of hydrogen-bond acceptors (Lipinski definition) is 2. The van der Waals surface area contributed by atoms with Crippen LogP contribution in [0.4, 0.5) is 13.2 Å². The van der Waals surface area contributed by atoms with Crippen LogP contribution < -0.4 is 4.74 Å². The Morgan fingerprint density at radius 1 is 1.45 bits per heavy atom. The van der Waals surface area contributed by atoms with Crippen LogP contribution in [0, 0.1) is 0 Å². The maximum Gasteiger partial charge on any atom is 0.430 e. The third-order valence-corrected chi connectivity index (χ3v) is 3.30. The van der Waals surface area contributed by atoms with Crippen LogP contribution in [0.2, 0.25) is 5.02 Å². The predicted octanol–water partition coefficient (Wildman–Crippen LogP) is 3.69. The van der Waals surface area contributed by atoms with E-state index in [9.17, 15) is 18.0 Å². The van der Waals surface area contributed by atoms with Gasteiger partial charge in [0.1, 0.15) is 5.75 Å². The molecular formula is C13H10ClF3O3. The summed E-state index contributed by atoms with van der Waals surface area (Å²) in [5.74, 6) is -1.69. The van der Waals surface area contributed by atoms with Gasteiger partial charge in [-0.2, -0.15) is 13.2 Å². The average molecular weight is 307 g/mol. The lowest BCUT2D eigenvalue weighted by molar-refractivity contribution is -0.187. The van der Waals surface area contributed by atoms with Gasteiger partial charge < -0.3 is 9.84 Å². The van der Waals surface area contributed by atoms with E-state index in [0.717, 1.165) is 6.08 Å². The summed E-state index contributed by atoms with van der Waals surface area (Å²) < 4.78 is 43.7. The molecule has 7 heteroatoms. The first-order valence-corrected chi connectivity index (χ1v) is 6.13. The lowest BCUT2D eigenvalue weighted by atomic mass is 9.98. The number of rotatable bonds is 2. The molecule has 0 saturated carbocycles. The molecular weight excluding hydrogens is 297 g/mol. The van der Waals surface area contributed by atoms with Gasteiger partial charge in [0.05, 0.1) is 10.6 Å². The summed E-state index contributed by atoms with van der Waals surface area (Å²) in [7, 11) is 0. The maximum atomic E-state index is 12.9. The number of benzene rings is 1. The zero-order valence-corrected chi connectivity index (χ0v) is 11.0. The minimum absolute atomic E-state index is 0.00711. The fourth-order valence-corrected chi connectivity index (χ4v) is 2.21. The molecule has 108 valence electrons. The topological polar surface area (TPSA) is 46.5 Å². The normalized spacial score (nSPS) is 18.1. The first-order chi connectivity index (χ1) is 9.25. The Labute approximate surface area is 117 Å². The van der Waals surface area contributed by atoms with Gasteiger partial charge in [0, 0.05) is 5.56 Å². The van der Waals surface area contributed by atoms with Crippen molar-refractivity contribution in [2.75, 3.05) is 0 Å². The first kappa shape index (κ1) is 14.7.